The normalized spacial score (nSPS) is 18.8. The van der Waals surface area contributed by atoms with Crippen molar-refractivity contribution in [3.05, 3.63) is 65.4 Å². The molecule has 4 rings (SSSR count). The van der Waals surface area contributed by atoms with Gasteiger partial charge < -0.3 is 25.0 Å². The Balaban J connectivity index is 1.80. The Labute approximate surface area is 207 Å². The maximum atomic E-state index is 13.7. The molecule has 0 aromatic heterocycles. The summed E-state index contributed by atoms with van der Waals surface area (Å²) in [5.74, 6) is 0.763. The van der Waals surface area contributed by atoms with Crippen LogP contribution >= 0.6 is 0 Å². The number of rotatable bonds is 8. The maximum Gasteiger partial charge on any atom is 0.239 e. The third-order valence-corrected chi connectivity index (χ3v) is 6.60. The molecule has 0 saturated heterocycles. The second-order valence-electron chi connectivity index (χ2n) is 9.98. The molecule has 0 saturated carbocycles. The van der Waals surface area contributed by atoms with E-state index in [1.54, 1.807) is 14.2 Å². The second kappa shape index (κ2) is 10.5. The zero-order valence-corrected chi connectivity index (χ0v) is 21.0. The SMILES string of the molecule is COCCCNC(=O)CN1c2ccccc2NC2=C(C(=O)CC(C)(C)C2)C1c1ccc(OC)cc1. The minimum Gasteiger partial charge on any atom is -0.497 e. The molecule has 2 N–H and O–H groups in total. The monoisotopic (exact) mass is 477 g/mol. The number of Topliss-reactive ketones (excluding diaryl/α,β-unsaturated/α-hetero) is 1. The van der Waals surface area contributed by atoms with Gasteiger partial charge in [0, 0.05) is 38.0 Å². The van der Waals surface area contributed by atoms with Gasteiger partial charge >= 0.3 is 0 Å². The Morgan fingerprint density at radius 3 is 2.57 bits per heavy atom. The fourth-order valence-corrected chi connectivity index (χ4v) is 5.01. The van der Waals surface area contributed by atoms with Crippen molar-refractivity contribution in [3.8, 4) is 5.75 Å². The van der Waals surface area contributed by atoms with Crippen LogP contribution in [0.4, 0.5) is 11.4 Å². The number of fused-ring (bicyclic) bond motifs is 1. The van der Waals surface area contributed by atoms with Crippen LogP contribution in [0.5, 0.6) is 5.75 Å². The minimum atomic E-state index is -0.402. The molecule has 7 nitrogen and oxygen atoms in total. The number of allylic oxidation sites excluding steroid dienone is 1. The van der Waals surface area contributed by atoms with Crippen LogP contribution in [0.2, 0.25) is 0 Å². The van der Waals surface area contributed by atoms with Gasteiger partial charge in [0.2, 0.25) is 5.91 Å². The second-order valence-corrected chi connectivity index (χ2v) is 9.98. The van der Waals surface area contributed by atoms with Gasteiger partial charge in [-0.2, -0.15) is 0 Å². The van der Waals surface area contributed by atoms with Gasteiger partial charge in [0.1, 0.15) is 5.75 Å². The number of carbonyl (C=O) groups is 2. The molecule has 186 valence electrons. The fourth-order valence-electron chi connectivity index (χ4n) is 5.01. The summed E-state index contributed by atoms with van der Waals surface area (Å²) in [6.07, 6.45) is 1.96. The van der Waals surface area contributed by atoms with Crippen LogP contribution in [0, 0.1) is 5.41 Å². The van der Waals surface area contributed by atoms with E-state index in [1.165, 1.54) is 0 Å². The molecular formula is C28H35N3O4. The van der Waals surface area contributed by atoms with Crippen LogP contribution in [-0.2, 0) is 14.3 Å². The molecule has 2 aromatic rings. The van der Waals surface area contributed by atoms with Gasteiger partial charge in [-0.15, -0.1) is 0 Å². The maximum absolute atomic E-state index is 13.7. The van der Waals surface area contributed by atoms with E-state index in [0.717, 1.165) is 46.8 Å². The summed E-state index contributed by atoms with van der Waals surface area (Å²) in [7, 11) is 3.28. The van der Waals surface area contributed by atoms with E-state index < -0.39 is 6.04 Å². The summed E-state index contributed by atoms with van der Waals surface area (Å²) in [6.45, 7) is 5.50. The molecule has 1 amide bonds. The van der Waals surface area contributed by atoms with Crippen molar-refractivity contribution in [1.82, 2.24) is 5.32 Å². The molecule has 7 heteroatoms. The summed E-state index contributed by atoms with van der Waals surface area (Å²) in [6, 6.07) is 15.3. The topological polar surface area (TPSA) is 79.9 Å². The number of para-hydroxylation sites is 2. The van der Waals surface area contributed by atoms with E-state index in [0.29, 0.717) is 19.6 Å². The first-order valence-corrected chi connectivity index (χ1v) is 12.1. The highest BCUT2D eigenvalue weighted by atomic mass is 16.5. The fraction of sp³-hybridized carbons (Fsp3) is 0.429. The molecule has 0 fully saturated rings. The lowest BCUT2D eigenvalue weighted by Gasteiger charge is -2.38. The molecule has 2 aliphatic rings. The van der Waals surface area contributed by atoms with E-state index in [-0.39, 0.29) is 23.7 Å². The summed E-state index contributed by atoms with van der Waals surface area (Å²) >= 11 is 0. The van der Waals surface area contributed by atoms with E-state index in [1.807, 2.05) is 53.4 Å². The highest BCUT2D eigenvalue weighted by Gasteiger charge is 2.41. The summed E-state index contributed by atoms with van der Waals surface area (Å²) in [5.41, 5.74) is 4.25. The number of carbonyl (C=O) groups excluding carboxylic acids is 2. The first-order valence-electron chi connectivity index (χ1n) is 12.1. The number of hydrogen-bond donors (Lipinski definition) is 2. The number of ether oxygens (including phenoxy) is 2. The summed E-state index contributed by atoms with van der Waals surface area (Å²) in [4.78, 5) is 28.8. The van der Waals surface area contributed by atoms with Crippen LogP contribution in [0.3, 0.4) is 0 Å². The minimum absolute atomic E-state index is 0.0953. The summed E-state index contributed by atoms with van der Waals surface area (Å²) in [5, 5.41) is 6.58. The van der Waals surface area contributed by atoms with E-state index in [9.17, 15) is 9.59 Å². The predicted molar refractivity (Wildman–Crippen MR) is 138 cm³/mol. The highest BCUT2D eigenvalue weighted by Crippen LogP contribution is 2.48. The number of nitrogens with one attached hydrogen (secondary N) is 2. The van der Waals surface area contributed by atoms with Crippen molar-refractivity contribution in [2.24, 2.45) is 5.41 Å². The molecule has 1 unspecified atom stereocenters. The van der Waals surface area contributed by atoms with Crippen LogP contribution in [-0.4, -0.2) is 45.6 Å². The number of methoxy groups -OCH3 is 2. The smallest absolute Gasteiger partial charge is 0.239 e. The first-order chi connectivity index (χ1) is 16.8. The van der Waals surface area contributed by atoms with E-state index in [4.69, 9.17) is 9.47 Å². The van der Waals surface area contributed by atoms with Gasteiger partial charge in [-0.25, -0.2) is 0 Å². The quantitative estimate of drug-likeness (QED) is 0.547. The predicted octanol–water partition coefficient (Wildman–Crippen LogP) is 4.46. The largest absolute Gasteiger partial charge is 0.497 e. The van der Waals surface area contributed by atoms with Crippen molar-refractivity contribution >= 4 is 23.1 Å². The van der Waals surface area contributed by atoms with Gasteiger partial charge in [-0.3, -0.25) is 9.59 Å². The van der Waals surface area contributed by atoms with E-state index in [2.05, 4.69) is 24.5 Å². The molecule has 2 aromatic carbocycles. The zero-order valence-electron chi connectivity index (χ0n) is 21.0. The number of anilines is 2. The van der Waals surface area contributed by atoms with Crippen LogP contribution in [0.1, 0.15) is 44.7 Å². The van der Waals surface area contributed by atoms with Gasteiger partial charge in [-0.05, 0) is 48.1 Å². The van der Waals surface area contributed by atoms with Crippen LogP contribution in [0.25, 0.3) is 0 Å². The molecular weight excluding hydrogens is 442 g/mol. The Bertz CT molecular complexity index is 1110. The Morgan fingerprint density at radius 1 is 1.11 bits per heavy atom. The van der Waals surface area contributed by atoms with Crippen molar-refractivity contribution in [3.63, 3.8) is 0 Å². The first kappa shape index (κ1) is 24.8. The number of hydrogen-bond acceptors (Lipinski definition) is 6. The molecule has 1 heterocycles. The Kier molecular flexibility index (Phi) is 7.45. The van der Waals surface area contributed by atoms with Gasteiger partial charge in [0.05, 0.1) is 31.1 Å². The third kappa shape index (κ3) is 5.51. The Hall–Kier alpha value is -3.32. The molecule has 35 heavy (non-hydrogen) atoms. The van der Waals surface area contributed by atoms with Crippen molar-refractivity contribution in [1.29, 1.82) is 0 Å². The molecule has 0 bridgehead atoms. The van der Waals surface area contributed by atoms with Crippen molar-refractivity contribution in [2.75, 3.05) is 44.1 Å². The average molecular weight is 478 g/mol. The number of amides is 1. The Morgan fingerprint density at radius 2 is 1.86 bits per heavy atom. The highest BCUT2D eigenvalue weighted by molar-refractivity contribution is 6.01. The van der Waals surface area contributed by atoms with Crippen molar-refractivity contribution in [2.45, 2.75) is 39.2 Å². The lowest BCUT2D eigenvalue weighted by molar-refractivity contribution is -0.120. The molecule has 1 aliphatic heterocycles. The average Bonchev–Trinajstić information content (AvgIpc) is 2.96. The third-order valence-electron chi connectivity index (χ3n) is 6.60. The molecule has 0 radical (unpaired) electrons. The van der Waals surface area contributed by atoms with Gasteiger partial charge in [0.15, 0.2) is 5.78 Å². The number of nitrogens with zero attached hydrogens (tertiary/aromatic N) is 1. The van der Waals surface area contributed by atoms with Gasteiger partial charge in [-0.1, -0.05) is 38.1 Å². The lowest BCUT2D eigenvalue weighted by atomic mass is 9.73. The number of benzene rings is 2. The molecule has 1 aliphatic carbocycles. The molecule has 0 spiro atoms. The van der Waals surface area contributed by atoms with Crippen LogP contribution in [0.15, 0.2) is 59.8 Å². The number of ketones is 1. The summed E-state index contributed by atoms with van der Waals surface area (Å²) < 4.78 is 10.5. The zero-order chi connectivity index (χ0) is 25.0. The van der Waals surface area contributed by atoms with E-state index >= 15 is 0 Å². The van der Waals surface area contributed by atoms with Gasteiger partial charge in [0.25, 0.3) is 0 Å². The van der Waals surface area contributed by atoms with Crippen molar-refractivity contribution < 1.29 is 19.1 Å². The van der Waals surface area contributed by atoms with Crippen LogP contribution < -0.4 is 20.3 Å². The lowest BCUT2D eigenvalue weighted by Crippen LogP contribution is -2.42. The molecule has 1 atom stereocenters. The standard InChI is InChI=1S/C28H35N3O4/c1-28(2)16-22-26(24(32)17-28)27(19-10-12-20(35-4)13-11-19)31(18-25(33)29-14-7-15-34-3)23-9-6-5-8-21(23)30-22/h5-6,8-13,27,30H,7,14-18H2,1-4H3,(H,29,33).